The van der Waals surface area contributed by atoms with E-state index in [1.165, 1.54) is 5.56 Å². The van der Waals surface area contributed by atoms with Crippen molar-refractivity contribution >= 4 is 17.7 Å². The summed E-state index contributed by atoms with van der Waals surface area (Å²) in [6.07, 6.45) is 2.47. The third kappa shape index (κ3) is 7.35. The number of nitrogens with one attached hydrogen (secondary N) is 1. The van der Waals surface area contributed by atoms with Crippen LogP contribution in [-0.2, 0) is 16.0 Å². The van der Waals surface area contributed by atoms with Gasteiger partial charge in [0, 0.05) is 25.3 Å². The zero-order chi connectivity index (χ0) is 23.5. The van der Waals surface area contributed by atoms with Crippen LogP contribution in [0.3, 0.4) is 0 Å². The van der Waals surface area contributed by atoms with Gasteiger partial charge in [-0.25, -0.2) is 0 Å². The Hall–Kier alpha value is -3.34. The molecule has 1 N–H and O–H groups in total. The van der Waals surface area contributed by atoms with Crippen molar-refractivity contribution in [2.24, 2.45) is 0 Å². The molecule has 0 radical (unpaired) electrons. The average molecular weight is 450 g/mol. The highest BCUT2D eigenvalue weighted by Gasteiger charge is 2.13. The third-order valence-corrected chi connectivity index (χ3v) is 5.33. The lowest BCUT2D eigenvalue weighted by atomic mass is 10.1. The molecule has 1 saturated heterocycles. The molecule has 2 aromatic rings. The van der Waals surface area contributed by atoms with Crippen LogP contribution in [0, 0.1) is 11.3 Å². The Balaban J connectivity index is 1.67. The summed E-state index contributed by atoms with van der Waals surface area (Å²) < 4.78 is 17.1. The van der Waals surface area contributed by atoms with Crippen LogP contribution in [0.25, 0.3) is 6.08 Å². The number of nitriles is 1. The number of aryl methyl sites for hydroxylation is 1. The van der Waals surface area contributed by atoms with Gasteiger partial charge in [0.05, 0.1) is 19.8 Å². The zero-order valence-corrected chi connectivity index (χ0v) is 19.3. The summed E-state index contributed by atoms with van der Waals surface area (Å²) in [5.41, 5.74) is 2.53. The number of carbonyl (C=O) groups is 1. The van der Waals surface area contributed by atoms with E-state index >= 15 is 0 Å². The molecule has 1 aliphatic heterocycles. The van der Waals surface area contributed by atoms with Crippen molar-refractivity contribution in [1.82, 2.24) is 4.90 Å². The van der Waals surface area contributed by atoms with Gasteiger partial charge < -0.3 is 19.5 Å². The van der Waals surface area contributed by atoms with Gasteiger partial charge in [0.1, 0.15) is 18.2 Å². The van der Waals surface area contributed by atoms with Gasteiger partial charge in [-0.2, -0.15) is 5.26 Å². The van der Waals surface area contributed by atoms with Crippen LogP contribution < -0.4 is 14.8 Å². The molecule has 174 valence electrons. The molecule has 0 aliphatic carbocycles. The van der Waals surface area contributed by atoms with Crippen LogP contribution in [0.4, 0.5) is 5.69 Å². The number of anilines is 1. The summed E-state index contributed by atoms with van der Waals surface area (Å²) in [6.45, 7) is 9.13. The van der Waals surface area contributed by atoms with E-state index in [9.17, 15) is 10.1 Å². The lowest BCUT2D eigenvalue weighted by molar-refractivity contribution is -0.112. The first-order valence-corrected chi connectivity index (χ1v) is 11.3. The molecular weight excluding hydrogens is 418 g/mol. The molecule has 1 heterocycles. The molecule has 7 heteroatoms. The molecule has 2 aromatic carbocycles. The van der Waals surface area contributed by atoms with Crippen LogP contribution in [-0.4, -0.2) is 56.9 Å². The fraction of sp³-hybridized carbons (Fsp3) is 0.385. The first kappa shape index (κ1) is 24.3. The highest BCUT2D eigenvalue weighted by molar-refractivity contribution is 6.09. The largest absolute Gasteiger partial charge is 0.490 e. The number of morpholine rings is 1. The zero-order valence-electron chi connectivity index (χ0n) is 19.3. The SMILES string of the molecule is CCOc1cc(/C=C(/C#N)C(=O)Nc2ccc(CC)cc2)ccc1OCCN1CCOCC1. The number of hydrogen-bond acceptors (Lipinski definition) is 6. The Morgan fingerprint density at radius 3 is 2.55 bits per heavy atom. The summed E-state index contributed by atoms with van der Waals surface area (Å²) >= 11 is 0. The summed E-state index contributed by atoms with van der Waals surface area (Å²) in [7, 11) is 0. The maximum absolute atomic E-state index is 12.6. The van der Waals surface area contributed by atoms with Crippen LogP contribution in [0.5, 0.6) is 11.5 Å². The molecule has 0 bridgehead atoms. The molecular formula is C26H31N3O4. The summed E-state index contributed by atoms with van der Waals surface area (Å²) in [6, 6.07) is 15.0. The number of carbonyl (C=O) groups excluding carboxylic acids is 1. The Morgan fingerprint density at radius 1 is 1.12 bits per heavy atom. The number of ether oxygens (including phenoxy) is 3. The Bertz CT molecular complexity index is 990. The van der Waals surface area contributed by atoms with Gasteiger partial charge in [-0.05, 0) is 54.8 Å². The summed E-state index contributed by atoms with van der Waals surface area (Å²) in [5, 5.41) is 12.3. The van der Waals surface area contributed by atoms with Crippen LogP contribution in [0.15, 0.2) is 48.0 Å². The van der Waals surface area contributed by atoms with E-state index in [0.29, 0.717) is 36.0 Å². The van der Waals surface area contributed by atoms with Gasteiger partial charge in [-0.3, -0.25) is 9.69 Å². The van der Waals surface area contributed by atoms with Gasteiger partial charge in [0.2, 0.25) is 0 Å². The van der Waals surface area contributed by atoms with Gasteiger partial charge in [0.15, 0.2) is 11.5 Å². The fourth-order valence-corrected chi connectivity index (χ4v) is 3.45. The van der Waals surface area contributed by atoms with Crippen molar-refractivity contribution in [2.75, 3.05) is 51.4 Å². The third-order valence-electron chi connectivity index (χ3n) is 5.33. The van der Waals surface area contributed by atoms with Gasteiger partial charge in [-0.15, -0.1) is 0 Å². The standard InChI is InChI=1S/C26H31N3O4/c1-3-20-5-8-23(9-6-20)28-26(30)22(19-27)17-21-7-10-24(25(18-21)32-4-2)33-16-13-29-11-14-31-15-12-29/h5-10,17-18H,3-4,11-16H2,1-2H3,(H,28,30)/b22-17-. The maximum Gasteiger partial charge on any atom is 0.266 e. The summed E-state index contributed by atoms with van der Waals surface area (Å²) in [4.78, 5) is 14.9. The van der Waals surface area contributed by atoms with Crippen molar-refractivity contribution in [2.45, 2.75) is 20.3 Å². The Kier molecular flexibility index (Phi) is 9.31. The van der Waals surface area contributed by atoms with E-state index in [1.54, 1.807) is 12.1 Å². The molecule has 33 heavy (non-hydrogen) atoms. The van der Waals surface area contributed by atoms with Gasteiger partial charge in [0.25, 0.3) is 5.91 Å². The molecule has 0 atom stereocenters. The maximum atomic E-state index is 12.6. The van der Waals surface area contributed by atoms with Gasteiger partial charge >= 0.3 is 0 Å². The van der Waals surface area contributed by atoms with E-state index in [0.717, 1.165) is 39.3 Å². The molecule has 7 nitrogen and oxygen atoms in total. The van der Waals surface area contributed by atoms with Crippen molar-refractivity contribution in [3.8, 4) is 17.6 Å². The molecule has 0 aromatic heterocycles. The van der Waals surface area contributed by atoms with E-state index in [1.807, 2.05) is 49.4 Å². The second-order valence-electron chi connectivity index (χ2n) is 7.62. The van der Waals surface area contributed by atoms with Crippen LogP contribution >= 0.6 is 0 Å². The number of amides is 1. The van der Waals surface area contributed by atoms with Crippen molar-refractivity contribution in [3.63, 3.8) is 0 Å². The molecule has 0 spiro atoms. The Labute approximate surface area is 195 Å². The van der Waals surface area contributed by atoms with Crippen molar-refractivity contribution in [1.29, 1.82) is 5.26 Å². The van der Waals surface area contributed by atoms with E-state index in [2.05, 4.69) is 17.1 Å². The quantitative estimate of drug-likeness (QED) is 0.437. The molecule has 3 rings (SSSR count). The molecule has 1 fully saturated rings. The van der Waals surface area contributed by atoms with E-state index in [4.69, 9.17) is 14.2 Å². The smallest absolute Gasteiger partial charge is 0.266 e. The highest BCUT2D eigenvalue weighted by Crippen LogP contribution is 2.29. The minimum atomic E-state index is -0.453. The van der Waals surface area contributed by atoms with Crippen LogP contribution in [0.2, 0.25) is 0 Å². The minimum Gasteiger partial charge on any atom is -0.490 e. The second-order valence-corrected chi connectivity index (χ2v) is 7.62. The number of benzene rings is 2. The first-order valence-electron chi connectivity index (χ1n) is 11.3. The molecule has 1 aliphatic rings. The molecule has 0 saturated carbocycles. The van der Waals surface area contributed by atoms with Crippen molar-refractivity contribution in [3.05, 3.63) is 59.2 Å². The number of hydrogen-bond donors (Lipinski definition) is 1. The minimum absolute atomic E-state index is 0.0120. The van der Waals surface area contributed by atoms with E-state index in [-0.39, 0.29) is 5.57 Å². The fourth-order valence-electron chi connectivity index (χ4n) is 3.45. The first-order chi connectivity index (χ1) is 16.1. The van der Waals surface area contributed by atoms with Gasteiger partial charge in [-0.1, -0.05) is 25.1 Å². The highest BCUT2D eigenvalue weighted by atomic mass is 16.5. The average Bonchev–Trinajstić information content (AvgIpc) is 2.85. The number of rotatable bonds is 10. The summed E-state index contributed by atoms with van der Waals surface area (Å²) in [5.74, 6) is 0.771. The van der Waals surface area contributed by atoms with E-state index < -0.39 is 5.91 Å². The lowest BCUT2D eigenvalue weighted by Crippen LogP contribution is -2.38. The second kappa shape index (κ2) is 12.6. The monoisotopic (exact) mass is 449 g/mol. The molecule has 0 unspecified atom stereocenters. The normalized spacial score (nSPS) is 14.4. The topological polar surface area (TPSA) is 83.8 Å². The predicted molar refractivity (Wildman–Crippen MR) is 128 cm³/mol. The van der Waals surface area contributed by atoms with Crippen molar-refractivity contribution < 1.29 is 19.0 Å². The Morgan fingerprint density at radius 2 is 1.88 bits per heavy atom. The predicted octanol–water partition coefficient (Wildman–Crippen LogP) is 3.90. The lowest BCUT2D eigenvalue weighted by Gasteiger charge is -2.26. The number of nitrogens with zero attached hydrogens (tertiary/aromatic N) is 2. The molecule has 1 amide bonds. The van der Waals surface area contributed by atoms with Crippen LogP contribution in [0.1, 0.15) is 25.0 Å².